The molecule has 18 heavy (non-hydrogen) atoms. The van der Waals surface area contributed by atoms with Gasteiger partial charge in [0.1, 0.15) is 0 Å². The highest BCUT2D eigenvalue weighted by atomic mass is 32.1. The molecule has 0 bridgehead atoms. The summed E-state index contributed by atoms with van der Waals surface area (Å²) in [6, 6.07) is 6.00. The van der Waals surface area contributed by atoms with Gasteiger partial charge in [-0.05, 0) is 26.1 Å². The van der Waals surface area contributed by atoms with E-state index in [9.17, 15) is 0 Å². The van der Waals surface area contributed by atoms with Crippen LogP contribution in [0, 0.1) is 0 Å². The van der Waals surface area contributed by atoms with Crippen LogP contribution in [0.3, 0.4) is 0 Å². The number of hydrogen-bond acceptors (Lipinski definition) is 5. The molecule has 0 unspecified atom stereocenters. The van der Waals surface area contributed by atoms with Gasteiger partial charge < -0.3 is 10.2 Å². The van der Waals surface area contributed by atoms with Crippen LogP contribution in [0.5, 0.6) is 0 Å². The molecule has 0 aliphatic rings. The van der Waals surface area contributed by atoms with Gasteiger partial charge in [-0.2, -0.15) is 0 Å². The van der Waals surface area contributed by atoms with E-state index in [1.54, 1.807) is 11.3 Å². The summed E-state index contributed by atoms with van der Waals surface area (Å²) >= 11 is 1.73. The molecule has 96 valence electrons. The van der Waals surface area contributed by atoms with Crippen LogP contribution >= 0.6 is 11.3 Å². The van der Waals surface area contributed by atoms with Crippen LogP contribution < -0.4 is 10.2 Å². The first-order chi connectivity index (χ1) is 8.83. The SMILES string of the molecule is CCN(Cc1ccccn1)c1ncc(CNC)s1. The summed E-state index contributed by atoms with van der Waals surface area (Å²) < 4.78 is 0. The Labute approximate surface area is 112 Å². The lowest BCUT2D eigenvalue weighted by Crippen LogP contribution is -2.22. The average Bonchev–Trinajstić information content (AvgIpc) is 2.86. The lowest BCUT2D eigenvalue weighted by Gasteiger charge is -2.18. The van der Waals surface area contributed by atoms with E-state index in [2.05, 4.69) is 27.1 Å². The van der Waals surface area contributed by atoms with Crippen molar-refractivity contribution in [1.29, 1.82) is 0 Å². The first kappa shape index (κ1) is 13.0. The van der Waals surface area contributed by atoms with Crippen molar-refractivity contribution < 1.29 is 0 Å². The molecule has 2 aromatic rings. The second-order valence-corrected chi connectivity index (χ2v) is 5.07. The highest BCUT2D eigenvalue weighted by molar-refractivity contribution is 7.15. The van der Waals surface area contributed by atoms with E-state index >= 15 is 0 Å². The normalized spacial score (nSPS) is 10.6. The fourth-order valence-corrected chi connectivity index (χ4v) is 2.69. The van der Waals surface area contributed by atoms with Crippen LogP contribution in [-0.2, 0) is 13.1 Å². The topological polar surface area (TPSA) is 41.1 Å². The van der Waals surface area contributed by atoms with Crippen molar-refractivity contribution in [2.75, 3.05) is 18.5 Å². The standard InChI is InChI=1S/C13H18N4S/c1-3-17(10-11-6-4-5-7-15-11)13-16-9-12(18-13)8-14-2/h4-7,9,14H,3,8,10H2,1-2H3. The maximum Gasteiger partial charge on any atom is 0.185 e. The lowest BCUT2D eigenvalue weighted by molar-refractivity contribution is 0.804. The van der Waals surface area contributed by atoms with Crippen LogP contribution in [0.15, 0.2) is 30.6 Å². The molecule has 0 aliphatic heterocycles. The highest BCUT2D eigenvalue weighted by Gasteiger charge is 2.10. The molecule has 2 aromatic heterocycles. The third-order valence-corrected chi connectivity index (χ3v) is 3.68. The minimum Gasteiger partial charge on any atom is -0.342 e. The second-order valence-electron chi connectivity index (χ2n) is 3.97. The first-order valence-electron chi connectivity index (χ1n) is 6.07. The summed E-state index contributed by atoms with van der Waals surface area (Å²) in [6.07, 6.45) is 3.77. The Morgan fingerprint density at radius 1 is 1.33 bits per heavy atom. The molecule has 2 rings (SSSR count). The molecule has 0 atom stereocenters. The van der Waals surface area contributed by atoms with Gasteiger partial charge in [0.2, 0.25) is 0 Å². The number of rotatable bonds is 6. The minimum atomic E-state index is 0.809. The van der Waals surface area contributed by atoms with E-state index in [1.807, 2.05) is 37.6 Å². The van der Waals surface area contributed by atoms with Crippen molar-refractivity contribution in [2.24, 2.45) is 0 Å². The van der Waals surface area contributed by atoms with Gasteiger partial charge in [0.15, 0.2) is 5.13 Å². The Kier molecular flexibility index (Phi) is 4.66. The summed E-state index contributed by atoms with van der Waals surface area (Å²) in [5.41, 5.74) is 1.07. The van der Waals surface area contributed by atoms with Gasteiger partial charge in [0.25, 0.3) is 0 Å². The maximum absolute atomic E-state index is 4.48. The zero-order chi connectivity index (χ0) is 12.8. The van der Waals surface area contributed by atoms with Crippen molar-refractivity contribution in [1.82, 2.24) is 15.3 Å². The Hall–Kier alpha value is -1.46. The lowest BCUT2D eigenvalue weighted by atomic mass is 10.3. The Morgan fingerprint density at radius 2 is 2.22 bits per heavy atom. The number of anilines is 1. The zero-order valence-corrected chi connectivity index (χ0v) is 11.6. The van der Waals surface area contributed by atoms with Crippen LogP contribution in [-0.4, -0.2) is 23.6 Å². The van der Waals surface area contributed by atoms with Gasteiger partial charge in [0, 0.05) is 30.4 Å². The Bertz CT molecular complexity index is 469. The molecule has 0 spiro atoms. The van der Waals surface area contributed by atoms with E-state index in [-0.39, 0.29) is 0 Å². The molecule has 0 fully saturated rings. The molecule has 0 saturated carbocycles. The molecule has 0 radical (unpaired) electrons. The first-order valence-corrected chi connectivity index (χ1v) is 6.89. The monoisotopic (exact) mass is 262 g/mol. The van der Waals surface area contributed by atoms with Crippen molar-refractivity contribution in [3.05, 3.63) is 41.2 Å². The van der Waals surface area contributed by atoms with Gasteiger partial charge in [-0.25, -0.2) is 4.98 Å². The van der Waals surface area contributed by atoms with Crippen LogP contribution in [0.1, 0.15) is 17.5 Å². The fraction of sp³-hybridized carbons (Fsp3) is 0.385. The number of pyridine rings is 1. The van der Waals surface area contributed by atoms with Crippen LogP contribution in [0.4, 0.5) is 5.13 Å². The fourth-order valence-electron chi connectivity index (χ4n) is 1.70. The average molecular weight is 262 g/mol. The second kappa shape index (κ2) is 6.47. The van der Waals surface area contributed by atoms with E-state index in [0.717, 1.165) is 30.5 Å². The third-order valence-electron chi connectivity index (χ3n) is 2.62. The smallest absolute Gasteiger partial charge is 0.185 e. The van der Waals surface area contributed by atoms with Crippen LogP contribution in [0.25, 0.3) is 0 Å². The van der Waals surface area contributed by atoms with Gasteiger partial charge >= 0.3 is 0 Å². The van der Waals surface area contributed by atoms with E-state index in [1.165, 1.54) is 4.88 Å². The Morgan fingerprint density at radius 3 is 2.89 bits per heavy atom. The van der Waals surface area contributed by atoms with E-state index in [0.29, 0.717) is 0 Å². The molecule has 4 nitrogen and oxygen atoms in total. The highest BCUT2D eigenvalue weighted by Crippen LogP contribution is 2.23. The van der Waals surface area contributed by atoms with Crippen molar-refractivity contribution in [3.8, 4) is 0 Å². The van der Waals surface area contributed by atoms with Gasteiger partial charge in [-0.3, -0.25) is 4.98 Å². The Balaban J connectivity index is 2.08. The summed E-state index contributed by atoms with van der Waals surface area (Å²) in [7, 11) is 1.95. The largest absolute Gasteiger partial charge is 0.342 e. The summed E-state index contributed by atoms with van der Waals surface area (Å²) in [4.78, 5) is 12.3. The number of nitrogens with zero attached hydrogens (tertiary/aromatic N) is 3. The molecule has 0 aliphatic carbocycles. The number of nitrogens with one attached hydrogen (secondary N) is 1. The summed E-state index contributed by atoms with van der Waals surface area (Å²) in [6.45, 7) is 4.76. The van der Waals surface area contributed by atoms with Crippen LogP contribution in [0.2, 0.25) is 0 Å². The van der Waals surface area contributed by atoms with Gasteiger partial charge in [-0.1, -0.05) is 6.07 Å². The number of aromatic nitrogens is 2. The molecular formula is C13H18N4S. The van der Waals surface area contributed by atoms with E-state index in [4.69, 9.17) is 0 Å². The maximum atomic E-state index is 4.48. The molecule has 1 N–H and O–H groups in total. The van der Waals surface area contributed by atoms with Crippen molar-refractivity contribution in [2.45, 2.75) is 20.0 Å². The summed E-state index contributed by atoms with van der Waals surface area (Å²) in [5, 5.41) is 4.21. The third kappa shape index (κ3) is 3.27. The quantitative estimate of drug-likeness (QED) is 0.867. The molecule has 5 heteroatoms. The summed E-state index contributed by atoms with van der Waals surface area (Å²) in [5.74, 6) is 0. The zero-order valence-electron chi connectivity index (χ0n) is 10.8. The predicted molar refractivity (Wildman–Crippen MR) is 75.8 cm³/mol. The van der Waals surface area contributed by atoms with Crippen molar-refractivity contribution >= 4 is 16.5 Å². The van der Waals surface area contributed by atoms with E-state index < -0.39 is 0 Å². The molecular weight excluding hydrogens is 244 g/mol. The molecule has 0 saturated heterocycles. The molecule has 0 amide bonds. The molecule has 2 heterocycles. The number of thiazole rings is 1. The van der Waals surface area contributed by atoms with Gasteiger partial charge in [-0.15, -0.1) is 11.3 Å². The number of hydrogen-bond donors (Lipinski definition) is 1. The minimum absolute atomic E-state index is 0.809. The van der Waals surface area contributed by atoms with Gasteiger partial charge in [0.05, 0.1) is 12.2 Å². The molecule has 0 aromatic carbocycles. The van der Waals surface area contributed by atoms with Crippen molar-refractivity contribution in [3.63, 3.8) is 0 Å². The predicted octanol–water partition coefficient (Wildman–Crippen LogP) is 2.28.